The second-order valence-corrected chi connectivity index (χ2v) is 6.91. The van der Waals surface area contributed by atoms with Gasteiger partial charge in [-0.1, -0.05) is 32.4 Å². The number of anilines is 1. The van der Waals surface area contributed by atoms with Crippen molar-refractivity contribution < 1.29 is 8.42 Å². The van der Waals surface area contributed by atoms with E-state index in [0.717, 1.165) is 0 Å². The molecule has 0 spiro atoms. The Kier molecular flexibility index (Phi) is 5.01. The van der Waals surface area contributed by atoms with Crippen LogP contribution in [0, 0.1) is 11.8 Å². The maximum Gasteiger partial charge on any atom is 0.242 e. The molecule has 0 saturated carbocycles. The van der Waals surface area contributed by atoms with E-state index in [2.05, 4.69) is 18.6 Å². The first-order valence-electron chi connectivity index (χ1n) is 5.78. The zero-order valence-electron chi connectivity index (χ0n) is 10.8. The first-order chi connectivity index (χ1) is 8.24. The average molecular weight is 291 g/mol. The molecule has 0 fully saturated rings. The van der Waals surface area contributed by atoms with Gasteiger partial charge in [0.05, 0.1) is 5.02 Å². The zero-order chi connectivity index (χ0) is 13.9. The maximum atomic E-state index is 12.1. The normalized spacial score (nSPS) is 13.8. The number of hydrogen-bond donors (Lipinski definition) is 2. The molecule has 1 aromatic rings. The Hall–Kier alpha value is -0.780. The summed E-state index contributed by atoms with van der Waals surface area (Å²) in [4.78, 5) is 0.0642. The van der Waals surface area contributed by atoms with Crippen molar-refractivity contribution >= 4 is 27.3 Å². The molecule has 18 heavy (non-hydrogen) atoms. The maximum absolute atomic E-state index is 12.1. The number of hydrogen-bond acceptors (Lipinski definition) is 3. The van der Waals surface area contributed by atoms with E-state index in [1.54, 1.807) is 0 Å². The molecule has 0 aliphatic heterocycles. The summed E-state index contributed by atoms with van der Waals surface area (Å²) in [5.74, 6) is 0.668. The first kappa shape index (κ1) is 15.3. The Labute approximate surface area is 114 Å². The van der Waals surface area contributed by atoms with Crippen LogP contribution in [-0.2, 0) is 10.0 Å². The van der Waals surface area contributed by atoms with Gasteiger partial charge in [-0.2, -0.15) is 0 Å². The Balaban J connectivity index is 2.87. The summed E-state index contributed by atoms with van der Waals surface area (Å²) in [5, 5.41) is 0.139. The summed E-state index contributed by atoms with van der Waals surface area (Å²) < 4.78 is 26.7. The van der Waals surface area contributed by atoms with Crippen molar-refractivity contribution in [3.63, 3.8) is 0 Å². The van der Waals surface area contributed by atoms with Crippen LogP contribution in [0.5, 0.6) is 0 Å². The van der Waals surface area contributed by atoms with Crippen LogP contribution in [0.3, 0.4) is 0 Å². The van der Waals surface area contributed by atoms with E-state index in [-0.39, 0.29) is 15.8 Å². The van der Waals surface area contributed by atoms with Crippen molar-refractivity contribution in [2.75, 3.05) is 12.3 Å². The minimum Gasteiger partial charge on any atom is -0.399 e. The molecule has 1 unspecified atom stereocenters. The van der Waals surface area contributed by atoms with Crippen LogP contribution < -0.4 is 10.5 Å². The molecular weight excluding hydrogens is 272 g/mol. The van der Waals surface area contributed by atoms with Gasteiger partial charge in [0.25, 0.3) is 0 Å². The Bertz CT molecular complexity index is 515. The lowest BCUT2D eigenvalue weighted by Gasteiger charge is -2.16. The smallest absolute Gasteiger partial charge is 0.242 e. The molecule has 1 rings (SSSR count). The molecule has 0 heterocycles. The molecule has 0 radical (unpaired) electrons. The van der Waals surface area contributed by atoms with Crippen LogP contribution in [0.25, 0.3) is 0 Å². The monoisotopic (exact) mass is 290 g/mol. The number of halogens is 1. The largest absolute Gasteiger partial charge is 0.399 e. The number of benzene rings is 1. The lowest BCUT2D eigenvalue weighted by molar-refractivity contribution is 0.414. The third kappa shape index (κ3) is 3.86. The molecule has 0 saturated heterocycles. The van der Waals surface area contributed by atoms with E-state index >= 15 is 0 Å². The van der Waals surface area contributed by atoms with Crippen molar-refractivity contribution in [2.45, 2.75) is 25.7 Å². The summed E-state index contributed by atoms with van der Waals surface area (Å²) in [5.41, 5.74) is 5.97. The molecule has 0 aliphatic carbocycles. The van der Waals surface area contributed by atoms with Gasteiger partial charge in [-0.15, -0.1) is 0 Å². The molecule has 3 N–H and O–H groups in total. The SMILES string of the molecule is CC(C)C(C)CNS(=O)(=O)c1ccc(N)cc1Cl. The molecule has 0 aromatic heterocycles. The molecule has 0 amide bonds. The van der Waals surface area contributed by atoms with E-state index in [4.69, 9.17) is 17.3 Å². The Morgan fingerprint density at radius 1 is 1.33 bits per heavy atom. The van der Waals surface area contributed by atoms with Crippen molar-refractivity contribution in [3.8, 4) is 0 Å². The standard InChI is InChI=1S/C12H19ClN2O2S/c1-8(2)9(3)7-15-18(16,17)12-5-4-10(14)6-11(12)13/h4-6,8-9,15H,7,14H2,1-3H3. The Morgan fingerprint density at radius 3 is 2.44 bits per heavy atom. The van der Waals surface area contributed by atoms with Gasteiger partial charge in [-0.3, -0.25) is 0 Å². The van der Waals surface area contributed by atoms with E-state index in [0.29, 0.717) is 18.2 Å². The highest BCUT2D eigenvalue weighted by atomic mass is 35.5. The van der Waals surface area contributed by atoms with Gasteiger partial charge in [-0.25, -0.2) is 13.1 Å². The summed E-state index contributed by atoms with van der Waals surface area (Å²) in [6.45, 7) is 6.49. The number of nitrogens with two attached hydrogens (primary N) is 1. The van der Waals surface area contributed by atoms with E-state index in [1.165, 1.54) is 18.2 Å². The lowest BCUT2D eigenvalue weighted by atomic mass is 9.99. The predicted octanol–water partition coefficient (Wildman–Crippen LogP) is 2.49. The average Bonchev–Trinajstić information content (AvgIpc) is 2.25. The van der Waals surface area contributed by atoms with Crippen molar-refractivity contribution in [3.05, 3.63) is 23.2 Å². The minimum atomic E-state index is -3.57. The highest BCUT2D eigenvalue weighted by molar-refractivity contribution is 7.89. The van der Waals surface area contributed by atoms with Gasteiger partial charge in [0, 0.05) is 12.2 Å². The summed E-state index contributed by atoms with van der Waals surface area (Å²) in [6.07, 6.45) is 0. The fourth-order valence-electron chi connectivity index (χ4n) is 1.29. The van der Waals surface area contributed by atoms with E-state index in [9.17, 15) is 8.42 Å². The number of sulfonamides is 1. The molecule has 0 aliphatic rings. The van der Waals surface area contributed by atoms with E-state index < -0.39 is 10.0 Å². The summed E-state index contributed by atoms with van der Waals surface area (Å²) >= 11 is 5.89. The molecular formula is C12H19ClN2O2S. The molecule has 4 nitrogen and oxygen atoms in total. The summed E-state index contributed by atoms with van der Waals surface area (Å²) in [6, 6.07) is 4.37. The van der Waals surface area contributed by atoms with Gasteiger partial charge >= 0.3 is 0 Å². The molecule has 1 atom stereocenters. The summed E-state index contributed by atoms with van der Waals surface area (Å²) in [7, 11) is -3.57. The Morgan fingerprint density at radius 2 is 1.94 bits per heavy atom. The first-order valence-corrected chi connectivity index (χ1v) is 7.65. The highest BCUT2D eigenvalue weighted by Crippen LogP contribution is 2.23. The van der Waals surface area contributed by atoms with Crippen molar-refractivity contribution in [1.29, 1.82) is 0 Å². The van der Waals surface area contributed by atoms with Gasteiger partial charge in [0.2, 0.25) is 10.0 Å². The predicted molar refractivity (Wildman–Crippen MR) is 75.1 cm³/mol. The third-order valence-electron chi connectivity index (χ3n) is 2.98. The second-order valence-electron chi connectivity index (χ2n) is 4.76. The molecule has 102 valence electrons. The second kappa shape index (κ2) is 5.91. The lowest BCUT2D eigenvalue weighted by Crippen LogP contribution is -2.30. The number of nitrogen functional groups attached to an aromatic ring is 1. The fraction of sp³-hybridized carbons (Fsp3) is 0.500. The van der Waals surface area contributed by atoms with Crippen LogP contribution in [0.1, 0.15) is 20.8 Å². The van der Waals surface area contributed by atoms with Crippen molar-refractivity contribution in [1.82, 2.24) is 4.72 Å². The van der Waals surface area contributed by atoms with Gasteiger partial charge in [0.1, 0.15) is 4.90 Å². The van der Waals surface area contributed by atoms with E-state index in [1.807, 2.05) is 6.92 Å². The molecule has 6 heteroatoms. The fourth-order valence-corrected chi connectivity index (χ4v) is 2.98. The van der Waals surface area contributed by atoms with Crippen molar-refractivity contribution in [2.24, 2.45) is 11.8 Å². The van der Waals surface area contributed by atoms with Crippen LogP contribution in [0.4, 0.5) is 5.69 Å². The topological polar surface area (TPSA) is 72.2 Å². The van der Waals surface area contributed by atoms with Crippen LogP contribution in [0.2, 0.25) is 5.02 Å². The van der Waals surface area contributed by atoms with Gasteiger partial charge in [-0.05, 0) is 30.0 Å². The molecule has 0 bridgehead atoms. The van der Waals surface area contributed by atoms with Crippen LogP contribution in [-0.4, -0.2) is 15.0 Å². The minimum absolute atomic E-state index is 0.0642. The van der Waals surface area contributed by atoms with Crippen LogP contribution >= 0.6 is 11.6 Å². The van der Waals surface area contributed by atoms with Gasteiger partial charge < -0.3 is 5.73 Å². The molecule has 1 aromatic carbocycles. The van der Waals surface area contributed by atoms with Gasteiger partial charge in [0.15, 0.2) is 0 Å². The third-order valence-corrected chi connectivity index (χ3v) is 4.89. The van der Waals surface area contributed by atoms with Crippen LogP contribution in [0.15, 0.2) is 23.1 Å². The highest BCUT2D eigenvalue weighted by Gasteiger charge is 2.19. The zero-order valence-corrected chi connectivity index (χ0v) is 12.3. The number of nitrogens with one attached hydrogen (secondary N) is 1. The quantitative estimate of drug-likeness (QED) is 0.818. The number of rotatable bonds is 5.